The van der Waals surface area contributed by atoms with Crippen LogP contribution in [0, 0.1) is 0 Å². The standard InChI is InChI=1S/C28H23N5O2/c1-2-8-27-23(6-1)14-15-24(29-27)20-35-26-7-3-5-22(19-26)11-10-21-12-16-25(17-13-21)34-18-4-9-28-30-32-33-31-28/h1-8,10-19H,9,20H2,(H,30,31,32,33)/b11-10+,18-4+. The Bertz CT molecular complexity index is 1440. The first-order chi connectivity index (χ1) is 17.3. The van der Waals surface area contributed by atoms with E-state index >= 15 is 0 Å². The second kappa shape index (κ2) is 10.9. The molecule has 7 heteroatoms. The van der Waals surface area contributed by atoms with Crippen LogP contribution in [0.1, 0.15) is 22.6 Å². The average molecular weight is 462 g/mol. The summed E-state index contributed by atoms with van der Waals surface area (Å²) in [6, 6.07) is 28.0. The van der Waals surface area contributed by atoms with Gasteiger partial charge in [-0.3, -0.25) is 0 Å². The van der Waals surface area contributed by atoms with E-state index in [0.717, 1.165) is 39.2 Å². The van der Waals surface area contributed by atoms with Gasteiger partial charge in [-0.1, -0.05) is 65.9 Å². The predicted octanol–water partition coefficient (Wildman–Crippen LogP) is 5.63. The third-order valence-electron chi connectivity index (χ3n) is 5.24. The number of nitrogens with one attached hydrogen (secondary N) is 1. The fourth-order valence-electron chi connectivity index (χ4n) is 3.45. The summed E-state index contributed by atoms with van der Waals surface area (Å²) in [5, 5.41) is 14.8. The van der Waals surface area contributed by atoms with Gasteiger partial charge in [0.15, 0.2) is 5.82 Å². The van der Waals surface area contributed by atoms with Crippen LogP contribution < -0.4 is 9.47 Å². The van der Waals surface area contributed by atoms with E-state index in [1.165, 1.54) is 0 Å². The molecule has 5 rings (SSSR count). The van der Waals surface area contributed by atoms with E-state index in [0.29, 0.717) is 18.9 Å². The van der Waals surface area contributed by atoms with Crippen molar-refractivity contribution in [3.8, 4) is 11.5 Å². The molecular formula is C28H23N5O2. The Kier molecular flexibility index (Phi) is 6.86. The van der Waals surface area contributed by atoms with Crippen molar-refractivity contribution in [3.05, 3.63) is 120 Å². The van der Waals surface area contributed by atoms with Gasteiger partial charge in [-0.05, 0) is 53.6 Å². The molecule has 0 unspecified atom stereocenters. The number of nitrogens with zero attached hydrogens (tertiary/aromatic N) is 4. The first-order valence-electron chi connectivity index (χ1n) is 11.2. The zero-order valence-electron chi connectivity index (χ0n) is 18.9. The third kappa shape index (κ3) is 6.17. The van der Waals surface area contributed by atoms with E-state index in [9.17, 15) is 0 Å². The van der Waals surface area contributed by atoms with Gasteiger partial charge in [0, 0.05) is 11.8 Å². The van der Waals surface area contributed by atoms with Crippen LogP contribution in [0.3, 0.4) is 0 Å². The fraction of sp³-hybridized carbons (Fsp3) is 0.0714. The predicted molar refractivity (Wildman–Crippen MR) is 136 cm³/mol. The van der Waals surface area contributed by atoms with Crippen molar-refractivity contribution >= 4 is 23.1 Å². The number of para-hydroxylation sites is 1. The largest absolute Gasteiger partial charge is 0.487 e. The lowest BCUT2D eigenvalue weighted by atomic mass is 10.1. The number of fused-ring (bicyclic) bond motifs is 1. The second-order valence-corrected chi connectivity index (χ2v) is 7.78. The van der Waals surface area contributed by atoms with Crippen LogP contribution in [0.15, 0.2) is 97.3 Å². The minimum Gasteiger partial charge on any atom is -0.487 e. The Morgan fingerprint density at radius 3 is 2.57 bits per heavy atom. The molecule has 1 N–H and O–H groups in total. The van der Waals surface area contributed by atoms with Crippen molar-refractivity contribution in [1.82, 2.24) is 25.6 Å². The van der Waals surface area contributed by atoms with Gasteiger partial charge in [0.25, 0.3) is 0 Å². The SMILES string of the molecule is C(=C\Oc1ccc(/C=C/c2cccc(OCc3ccc4ccccc4n3)c2)cc1)/Cc1nn[nH]n1. The quantitative estimate of drug-likeness (QED) is 0.226. The number of allylic oxidation sites excluding steroid dienone is 1. The molecule has 2 heterocycles. The number of hydrogen-bond acceptors (Lipinski definition) is 6. The normalized spacial score (nSPS) is 11.4. The van der Waals surface area contributed by atoms with E-state index in [1.807, 2.05) is 78.9 Å². The second-order valence-electron chi connectivity index (χ2n) is 7.78. The number of hydrogen-bond donors (Lipinski definition) is 1. The zero-order valence-corrected chi connectivity index (χ0v) is 18.9. The van der Waals surface area contributed by atoms with Gasteiger partial charge < -0.3 is 9.47 Å². The number of aromatic amines is 1. The van der Waals surface area contributed by atoms with Gasteiger partial charge in [0.2, 0.25) is 0 Å². The molecule has 0 aliphatic carbocycles. The van der Waals surface area contributed by atoms with Gasteiger partial charge in [0.1, 0.15) is 18.1 Å². The highest BCUT2D eigenvalue weighted by Gasteiger charge is 2.01. The number of rotatable bonds is 9. The van der Waals surface area contributed by atoms with Crippen LogP contribution in [0.2, 0.25) is 0 Å². The molecule has 0 fully saturated rings. The summed E-state index contributed by atoms with van der Waals surface area (Å²) in [7, 11) is 0. The van der Waals surface area contributed by atoms with Crippen molar-refractivity contribution < 1.29 is 9.47 Å². The molecule has 0 saturated heterocycles. The Morgan fingerprint density at radius 2 is 1.69 bits per heavy atom. The molecule has 0 saturated carbocycles. The van der Waals surface area contributed by atoms with Crippen molar-refractivity contribution in [2.75, 3.05) is 0 Å². The van der Waals surface area contributed by atoms with E-state index in [2.05, 4.69) is 49.9 Å². The molecule has 0 aliphatic rings. The number of pyridine rings is 1. The number of aromatic nitrogens is 5. The molecule has 0 amide bonds. The summed E-state index contributed by atoms with van der Waals surface area (Å²) in [6.45, 7) is 0.420. The third-order valence-corrected chi connectivity index (χ3v) is 5.24. The Hall–Kier alpha value is -4.78. The van der Waals surface area contributed by atoms with E-state index in [-0.39, 0.29) is 0 Å². The van der Waals surface area contributed by atoms with E-state index in [4.69, 9.17) is 9.47 Å². The van der Waals surface area contributed by atoms with Gasteiger partial charge >= 0.3 is 0 Å². The topological polar surface area (TPSA) is 85.8 Å². The van der Waals surface area contributed by atoms with Gasteiger partial charge in [-0.15, -0.1) is 10.2 Å². The van der Waals surface area contributed by atoms with Crippen molar-refractivity contribution in [2.24, 2.45) is 0 Å². The lowest BCUT2D eigenvalue weighted by Gasteiger charge is -2.07. The molecule has 7 nitrogen and oxygen atoms in total. The van der Waals surface area contributed by atoms with Crippen molar-refractivity contribution in [1.29, 1.82) is 0 Å². The van der Waals surface area contributed by atoms with Crippen molar-refractivity contribution in [3.63, 3.8) is 0 Å². The minimum atomic E-state index is 0.420. The van der Waals surface area contributed by atoms with Crippen LogP contribution in [0.25, 0.3) is 23.1 Å². The van der Waals surface area contributed by atoms with Crippen LogP contribution in [0.5, 0.6) is 11.5 Å². The molecule has 0 bridgehead atoms. The molecule has 3 aromatic carbocycles. The van der Waals surface area contributed by atoms with Crippen LogP contribution >= 0.6 is 0 Å². The number of tetrazole rings is 1. The molecule has 0 spiro atoms. The summed E-state index contributed by atoms with van der Waals surface area (Å²) in [4.78, 5) is 4.67. The van der Waals surface area contributed by atoms with E-state index < -0.39 is 0 Å². The molecule has 2 aromatic heterocycles. The summed E-state index contributed by atoms with van der Waals surface area (Å²) in [6.07, 6.45) is 8.13. The first-order valence-corrected chi connectivity index (χ1v) is 11.2. The lowest BCUT2D eigenvalue weighted by molar-refractivity contribution is 0.302. The molecule has 172 valence electrons. The number of benzene rings is 3. The smallest absolute Gasteiger partial charge is 0.178 e. The van der Waals surface area contributed by atoms with Crippen LogP contribution in [-0.2, 0) is 13.0 Å². The van der Waals surface area contributed by atoms with Gasteiger partial charge in [-0.25, -0.2) is 4.98 Å². The van der Waals surface area contributed by atoms with Crippen molar-refractivity contribution in [2.45, 2.75) is 13.0 Å². The van der Waals surface area contributed by atoms with Gasteiger partial charge in [-0.2, -0.15) is 5.21 Å². The average Bonchev–Trinajstić information content (AvgIpc) is 3.43. The van der Waals surface area contributed by atoms with Crippen LogP contribution in [0.4, 0.5) is 0 Å². The molecule has 35 heavy (non-hydrogen) atoms. The maximum Gasteiger partial charge on any atom is 0.178 e. The molecule has 0 aliphatic heterocycles. The minimum absolute atomic E-state index is 0.420. The zero-order chi connectivity index (χ0) is 23.7. The Morgan fingerprint density at radius 1 is 0.800 bits per heavy atom. The Balaban J connectivity index is 1.15. The lowest BCUT2D eigenvalue weighted by Crippen LogP contribution is -1.98. The first kappa shape index (κ1) is 22.0. The number of H-pyrrole nitrogens is 1. The van der Waals surface area contributed by atoms with Crippen LogP contribution in [-0.4, -0.2) is 25.6 Å². The molecule has 5 aromatic rings. The summed E-state index contributed by atoms with van der Waals surface area (Å²) < 4.78 is 11.6. The monoisotopic (exact) mass is 461 g/mol. The maximum absolute atomic E-state index is 5.99. The molecular weight excluding hydrogens is 438 g/mol. The summed E-state index contributed by atoms with van der Waals surface area (Å²) in [5.41, 5.74) is 4.00. The Labute approximate surface area is 202 Å². The summed E-state index contributed by atoms with van der Waals surface area (Å²) >= 11 is 0. The summed E-state index contributed by atoms with van der Waals surface area (Å²) in [5.74, 6) is 2.17. The highest BCUT2D eigenvalue weighted by atomic mass is 16.5. The fourth-order valence-corrected chi connectivity index (χ4v) is 3.45. The maximum atomic E-state index is 5.99. The molecule has 0 radical (unpaired) electrons. The highest BCUT2D eigenvalue weighted by Crippen LogP contribution is 2.19. The molecule has 0 atom stereocenters. The van der Waals surface area contributed by atoms with E-state index in [1.54, 1.807) is 6.26 Å². The number of ether oxygens (including phenoxy) is 2. The highest BCUT2D eigenvalue weighted by molar-refractivity contribution is 5.78. The van der Waals surface area contributed by atoms with Gasteiger partial charge in [0.05, 0.1) is 17.5 Å².